The summed E-state index contributed by atoms with van der Waals surface area (Å²) in [5.74, 6) is 1.10. The maximum Gasteiger partial charge on any atom is 0.410 e. The number of rotatable bonds is 7. The molecule has 33 heavy (non-hydrogen) atoms. The van der Waals surface area contributed by atoms with Gasteiger partial charge in [0.05, 0.1) is 0 Å². The van der Waals surface area contributed by atoms with Crippen LogP contribution in [-0.2, 0) is 20.8 Å². The van der Waals surface area contributed by atoms with Gasteiger partial charge < -0.3 is 24.0 Å². The van der Waals surface area contributed by atoms with E-state index in [9.17, 15) is 9.59 Å². The molecule has 2 saturated heterocycles. The van der Waals surface area contributed by atoms with Gasteiger partial charge in [0.1, 0.15) is 12.2 Å². The zero-order chi connectivity index (χ0) is 23.7. The molecule has 0 aromatic heterocycles. The lowest BCUT2D eigenvalue weighted by Crippen LogP contribution is -2.42. The van der Waals surface area contributed by atoms with Crippen LogP contribution in [0.4, 0.5) is 9.59 Å². The van der Waals surface area contributed by atoms with E-state index in [0.717, 1.165) is 77.1 Å². The second kappa shape index (κ2) is 12.3. The number of nitrogens with zero attached hydrogens (tertiary/aromatic N) is 2. The van der Waals surface area contributed by atoms with E-state index in [0.29, 0.717) is 18.4 Å². The highest BCUT2D eigenvalue weighted by atomic mass is 16.6. The van der Waals surface area contributed by atoms with Crippen molar-refractivity contribution in [3.63, 3.8) is 0 Å². The van der Waals surface area contributed by atoms with Crippen LogP contribution in [0.1, 0.15) is 58.4 Å². The number of hydrogen-bond acceptors (Lipinski definition) is 5. The number of likely N-dealkylation sites (tertiary alicyclic amines) is 2. The molecule has 1 aromatic rings. The standard InChI is InChI=1S/C26H40N2O5/c1-26(2,3)33-25(30)28-16-11-23(12-17-28)19-31-18-13-21-9-14-27(15-10-21)24(29)32-20-22-7-5-4-6-8-22/h4-8,21,23H,9-20H2,1-3H3. The Morgan fingerprint density at radius 1 is 0.879 bits per heavy atom. The minimum absolute atomic E-state index is 0.211. The van der Waals surface area contributed by atoms with Gasteiger partial charge in [0.2, 0.25) is 0 Å². The smallest absolute Gasteiger partial charge is 0.410 e. The molecular weight excluding hydrogens is 420 g/mol. The van der Waals surface area contributed by atoms with Crippen LogP contribution in [0, 0.1) is 11.8 Å². The molecule has 0 aliphatic carbocycles. The third-order valence-corrected chi connectivity index (χ3v) is 6.37. The average Bonchev–Trinajstić information content (AvgIpc) is 2.80. The Balaban J connectivity index is 1.23. The Labute approximate surface area is 198 Å². The number of amides is 2. The van der Waals surface area contributed by atoms with Crippen LogP contribution >= 0.6 is 0 Å². The lowest BCUT2D eigenvalue weighted by Gasteiger charge is -2.33. The maximum atomic E-state index is 12.3. The first-order chi connectivity index (χ1) is 15.8. The Morgan fingerprint density at radius 2 is 1.45 bits per heavy atom. The molecule has 184 valence electrons. The summed E-state index contributed by atoms with van der Waals surface area (Å²) in [6.07, 6.45) is 4.52. The first kappa shape index (κ1) is 25.3. The molecule has 0 N–H and O–H groups in total. The molecule has 0 spiro atoms. The van der Waals surface area contributed by atoms with Crippen molar-refractivity contribution in [1.82, 2.24) is 9.80 Å². The van der Waals surface area contributed by atoms with Crippen LogP contribution < -0.4 is 0 Å². The van der Waals surface area contributed by atoms with Crippen molar-refractivity contribution >= 4 is 12.2 Å². The van der Waals surface area contributed by atoms with Crippen LogP contribution in [0.3, 0.4) is 0 Å². The lowest BCUT2D eigenvalue weighted by molar-refractivity contribution is 0.0103. The monoisotopic (exact) mass is 460 g/mol. The molecule has 2 aliphatic heterocycles. The summed E-state index contributed by atoms with van der Waals surface area (Å²) >= 11 is 0. The van der Waals surface area contributed by atoms with Crippen molar-refractivity contribution in [3.8, 4) is 0 Å². The molecule has 0 bridgehead atoms. The SMILES string of the molecule is CC(C)(C)OC(=O)N1CCC(COCCC2CCN(C(=O)OCc3ccccc3)CC2)CC1. The van der Waals surface area contributed by atoms with Crippen LogP contribution in [0.2, 0.25) is 0 Å². The van der Waals surface area contributed by atoms with Gasteiger partial charge in [-0.3, -0.25) is 0 Å². The Hall–Kier alpha value is -2.28. The number of piperidine rings is 2. The molecule has 2 heterocycles. The van der Waals surface area contributed by atoms with Crippen LogP contribution in [-0.4, -0.2) is 67.0 Å². The predicted molar refractivity (Wildman–Crippen MR) is 127 cm³/mol. The molecule has 0 unspecified atom stereocenters. The normalized spacial score (nSPS) is 18.3. The second-order valence-corrected chi connectivity index (χ2v) is 10.2. The Morgan fingerprint density at radius 3 is 2.06 bits per heavy atom. The molecule has 0 radical (unpaired) electrons. The molecule has 0 saturated carbocycles. The van der Waals surface area contributed by atoms with Crippen LogP contribution in [0.25, 0.3) is 0 Å². The largest absolute Gasteiger partial charge is 0.445 e. The van der Waals surface area contributed by atoms with Gasteiger partial charge in [0.25, 0.3) is 0 Å². The Bertz CT molecular complexity index is 733. The number of benzene rings is 1. The number of carbonyl (C=O) groups is 2. The molecule has 7 nitrogen and oxygen atoms in total. The predicted octanol–water partition coefficient (Wildman–Crippen LogP) is 5.09. The van der Waals surface area contributed by atoms with Crippen molar-refractivity contribution in [2.75, 3.05) is 39.4 Å². The van der Waals surface area contributed by atoms with Gasteiger partial charge in [-0.25, -0.2) is 9.59 Å². The van der Waals surface area contributed by atoms with E-state index in [1.165, 1.54) is 0 Å². The molecular formula is C26H40N2O5. The molecule has 3 rings (SSSR count). The first-order valence-corrected chi connectivity index (χ1v) is 12.3. The van der Waals surface area contributed by atoms with Gasteiger partial charge in [0, 0.05) is 39.4 Å². The van der Waals surface area contributed by atoms with Gasteiger partial charge in [-0.2, -0.15) is 0 Å². The van der Waals surface area contributed by atoms with Gasteiger partial charge >= 0.3 is 12.2 Å². The maximum absolute atomic E-state index is 12.3. The fourth-order valence-corrected chi connectivity index (χ4v) is 4.32. The zero-order valence-corrected chi connectivity index (χ0v) is 20.5. The van der Waals surface area contributed by atoms with E-state index in [2.05, 4.69) is 0 Å². The topological polar surface area (TPSA) is 68.3 Å². The van der Waals surface area contributed by atoms with Crippen molar-refractivity contribution < 1.29 is 23.8 Å². The van der Waals surface area contributed by atoms with E-state index in [4.69, 9.17) is 14.2 Å². The molecule has 2 aliphatic rings. The van der Waals surface area contributed by atoms with E-state index in [1.54, 1.807) is 4.90 Å². The number of ether oxygens (including phenoxy) is 3. The summed E-state index contributed by atoms with van der Waals surface area (Å²) in [7, 11) is 0. The zero-order valence-electron chi connectivity index (χ0n) is 20.5. The van der Waals surface area contributed by atoms with E-state index in [1.807, 2.05) is 56.0 Å². The summed E-state index contributed by atoms with van der Waals surface area (Å²) in [5, 5.41) is 0. The molecule has 7 heteroatoms. The van der Waals surface area contributed by atoms with Crippen LogP contribution in [0.15, 0.2) is 30.3 Å². The summed E-state index contributed by atoms with van der Waals surface area (Å²) in [6.45, 7) is 10.5. The molecule has 1 aromatic carbocycles. The summed E-state index contributed by atoms with van der Waals surface area (Å²) < 4.78 is 16.9. The highest BCUT2D eigenvalue weighted by Gasteiger charge is 2.27. The minimum Gasteiger partial charge on any atom is -0.445 e. The third-order valence-electron chi connectivity index (χ3n) is 6.37. The summed E-state index contributed by atoms with van der Waals surface area (Å²) in [5.41, 5.74) is 0.559. The molecule has 2 amide bonds. The van der Waals surface area contributed by atoms with Gasteiger partial charge in [-0.05, 0) is 70.3 Å². The Kier molecular flexibility index (Phi) is 9.41. The number of hydrogen-bond donors (Lipinski definition) is 0. The highest BCUT2D eigenvalue weighted by molar-refractivity contribution is 5.68. The molecule has 2 fully saturated rings. The van der Waals surface area contributed by atoms with Crippen molar-refractivity contribution in [2.45, 2.75) is 65.1 Å². The summed E-state index contributed by atoms with van der Waals surface area (Å²) in [4.78, 5) is 28.1. The fraction of sp³-hybridized carbons (Fsp3) is 0.692. The van der Waals surface area contributed by atoms with Crippen LogP contribution in [0.5, 0.6) is 0 Å². The first-order valence-electron chi connectivity index (χ1n) is 12.3. The van der Waals surface area contributed by atoms with Crippen molar-refractivity contribution in [1.29, 1.82) is 0 Å². The highest BCUT2D eigenvalue weighted by Crippen LogP contribution is 2.23. The van der Waals surface area contributed by atoms with Gasteiger partial charge in [-0.15, -0.1) is 0 Å². The van der Waals surface area contributed by atoms with E-state index < -0.39 is 5.60 Å². The van der Waals surface area contributed by atoms with E-state index in [-0.39, 0.29) is 12.2 Å². The number of carbonyl (C=O) groups excluding carboxylic acids is 2. The minimum atomic E-state index is -0.449. The second-order valence-electron chi connectivity index (χ2n) is 10.2. The fourth-order valence-electron chi connectivity index (χ4n) is 4.32. The van der Waals surface area contributed by atoms with E-state index >= 15 is 0 Å². The quantitative estimate of drug-likeness (QED) is 0.530. The van der Waals surface area contributed by atoms with Crippen molar-refractivity contribution in [3.05, 3.63) is 35.9 Å². The van der Waals surface area contributed by atoms with Gasteiger partial charge in [0.15, 0.2) is 0 Å². The molecule has 0 atom stereocenters. The average molecular weight is 461 g/mol. The van der Waals surface area contributed by atoms with Crippen molar-refractivity contribution in [2.24, 2.45) is 11.8 Å². The third kappa shape index (κ3) is 8.88. The van der Waals surface area contributed by atoms with Gasteiger partial charge in [-0.1, -0.05) is 30.3 Å². The lowest BCUT2D eigenvalue weighted by atomic mass is 9.94. The summed E-state index contributed by atoms with van der Waals surface area (Å²) in [6, 6.07) is 9.77.